The van der Waals surface area contributed by atoms with E-state index in [1.54, 1.807) is 24.3 Å². The summed E-state index contributed by atoms with van der Waals surface area (Å²) < 4.78 is 6.23. The fraction of sp³-hybridized carbons (Fsp3) is 0.381. The maximum absolute atomic E-state index is 13.2. The smallest absolute Gasteiger partial charge is 0.207 e. The van der Waals surface area contributed by atoms with Crippen LogP contribution in [0.1, 0.15) is 46.8 Å². The number of aliphatic hydroxyl groups excluding tert-OH is 1. The van der Waals surface area contributed by atoms with E-state index in [0.29, 0.717) is 17.5 Å². The quantitative estimate of drug-likeness (QED) is 0.903. The minimum atomic E-state index is -1.72. The lowest BCUT2D eigenvalue weighted by molar-refractivity contribution is -0.265. The summed E-state index contributed by atoms with van der Waals surface area (Å²) in [6.07, 6.45) is 0.686. The number of aliphatic hydroxyl groups is 2. The highest BCUT2D eigenvalue weighted by atomic mass is 16.7. The summed E-state index contributed by atoms with van der Waals surface area (Å²) in [5, 5.41) is 21.8. The largest absolute Gasteiger partial charge is 0.393 e. The molecule has 1 aliphatic heterocycles. The minimum absolute atomic E-state index is 0.101. The summed E-state index contributed by atoms with van der Waals surface area (Å²) in [5.41, 5.74) is 0.669. The Labute approximate surface area is 147 Å². The summed E-state index contributed by atoms with van der Waals surface area (Å²) in [6.45, 7) is 3.56. The SMILES string of the molecule is CCC12CC(CO)(c3cccc(C)c3)OC1(O)c1ccccc1C2=O. The summed E-state index contributed by atoms with van der Waals surface area (Å²) >= 11 is 0. The molecule has 1 saturated heterocycles. The summed E-state index contributed by atoms with van der Waals surface area (Å²) in [6, 6.07) is 14.8. The van der Waals surface area contributed by atoms with Gasteiger partial charge in [-0.15, -0.1) is 0 Å². The zero-order valence-electron chi connectivity index (χ0n) is 14.5. The minimum Gasteiger partial charge on any atom is -0.393 e. The Morgan fingerprint density at radius 3 is 2.60 bits per heavy atom. The summed E-state index contributed by atoms with van der Waals surface area (Å²) in [7, 11) is 0. The van der Waals surface area contributed by atoms with Gasteiger partial charge in [-0.25, -0.2) is 0 Å². The molecule has 0 amide bonds. The normalized spacial score (nSPS) is 33.4. The van der Waals surface area contributed by atoms with Gasteiger partial charge in [0.15, 0.2) is 5.78 Å². The number of ether oxygens (including phenoxy) is 1. The van der Waals surface area contributed by atoms with Crippen LogP contribution in [0.15, 0.2) is 48.5 Å². The average Bonchev–Trinajstić information content (AvgIpc) is 3.01. The average molecular weight is 338 g/mol. The molecular formula is C21H22O4. The molecule has 2 N–H and O–H groups in total. The van der Waals surface area contributed by atoms with Gasteiger partial charge < -0.3 is 14.9 Å². The number of fused-ring (bicyclic) bond motifs is 3. The lowest BCUT2D eigenvalue weighted by Crippen LogP contribution is -2.41. The first kappa shape index (κ1) is 16.5. The molecule has 2 aliphatic rings. The van der Waals surface area contributed by atoms with E-state index in [4.69, 9.17) is 4.74 Å². The third-order valence-electron chi connectivity index (χ3n) is 5.95. The Hall–Kier alpha value is -2.01. The Morgan fingerprint density at radius 2 is 1.92 bits per heavy atom. The van der Waals surface area contributed by atoms with Crippen molar-refractivity contribution in [3.8, 4) is 0 Å². The first-order valence-corrected chi connectivity index (χ1v) is 8.67. The second-order valence-electron chi connectivity index (χ2n) is 7.26. The van der Waals surface area contributed by atoms with Gasteiger partial charge in [-0.2, -0.15) is 0 Å². The first-order valence-electron chi connectivity index (χ1n) is 8.67. The molecule has 2 aromatic carbocycles. The van der Waals surface area contributed by atoms with E-state index in [1.807, 2.05) is 38.1 Å². The van der Waals surface area contributed by atoms with E-state index in [1.165, 1.54) is 0 Å². The van der Waals surface area contributed by atoms with Gasteiger partial charge >= 0.3 is 0 Å². The van der Waals surface area contributed by atoms with Gasteiger partial charge in [0.25, 0.3) is 0 Å². The van der Waals surface area contributed by atoms with Crippen molar-refractivity contribution >= 4 is 5.78 Å². The number of rotatable bonds is 3. The number of aryl methyl sites for hydroxylation is 1. The first-order chi connectivity index (χ1) is 11.9. The van der Waals surface area contributed by atoms with Gasteiger partial charge in [0.2, 0.25) is 5.79 Å². The van der Waals surface area contributed by atoms with E-state index in [-0.39, 0.29) is 18.8 Å². The molecule has 4 heteroatoms. The Morgan fingerprint density at radius 1 is 1.16 bits per heavy atom. The van der Waals surface area contributed by atoms with Crippen molar-refractivity contribution in [1.82, 2.24) is 0 Å². The molecule has 3 unspecified atom stereocenters. The van der Waals surface area contributed by atoms with E-state index < -0.39 is 16.8 Å². The number of hydrogen-bond acceptors (Lipinski definition) is 4. The number of hydrogen-bond donors (Lipinski definition) is 2. The van der Waals surface area contributed by atoms with Gasteiger partial charge in [0, 0.05) is 17.5 Å². The van der Waals surface area contributed by atoms with Crippen molar-refractivity contribution in [3.63, 3.8) is 0 Å². The molecule has 0 saturated carbocycles. The molecule has 0 bridgehead atoms. The highest BCUT2D eigenvalue weighted by Crippen LogP contribution is 2.65. The molecule has 0 radical (unpaired) electrons. The fourth-order valence-electron chi connectivity index (χ4n) is 4.60. The summed E-state index contributed by atoms with van der Waals surface area (Å²) in [5.74, 6) is -1.82. The van der Waals surface area contributed by atoms with Gasteiger partial charge in [-0.3, -0.25) is 4.79 Å². The predicted molar refractivity (Wildman–Crippen MR) is 93.0 cm³/mol. The molecule has 1 heterocycles. The third kappa shape index (κ3) is 1.90. The van der Waals surface area contributed by atoms with Crippen LogP contribution in [0.25, 0.3) is 0 Å². The number of Topliss-reactive ketones (excluding diaryl/α,β-unsaturated/α-hetero) is 1. The van der Waals surface area contributed by atoms with Crippen molar-refractivity contribution in [2.24, 2.45) is 5.41 Å². The van der Waals surface area contributed by atoms with Crippen molar-refractivity contribution in [2.45, 2.75) is 38.1 Å². The Bertz CT molecular complexity index is 860. The zero-order chi connectivity index (χ0) is 17.9. The van der Waals surface area contributed by atoms with Crippen LogP contribution in [0, 0.1) is 12.3 Å². The van der Waals surface area contributed by atoms with Crippen LogP contribution in [0.3, 0.4) is 0 Å². The molecule has 0 aromatic heterocycles. The molecule has 3 atom stereocenters. The van der Waals surface area contributed by atoms with Crippen molar-refractivity contribution in [3.05, 3.63) is 70.8 Å². The van der Waals surface area contributed by atoms with Crippen LogP contribution in [-0.2, 0) is 16.1 Å². The Balaban J connectivity index is 1.93. The maximum Gasteiger partial charge on any atom is 0.207 e. The topological polar surface area (TPSA) is 66.8 Å². The van der Waals surface area contributed by atoms with Gasteiger partial charge in [0.1, 0.15) is 5.60 Å². The highest BCUT2D eigenvalue weighted by Gasteiger charge is 2.72. The number of benzene rings is 2. The van der Waals surface area contributed by atoms with Crippen LogP contribution in [0.2, 0.25) is 0 Å². The molecular weight excluding hydrogens is 316 g/mol. The molecule has 2 aromatic rings. The van der Waals surface area contributed by atoms with Crippen LogP contribution in [0.4, 0.5) is 0 Å². The fourth-order valence-corrected chi connectivity index (χ4v) is 4.60. The van der Waals surface area contributed by atoms with Crippen LogP contribution in [-0.4, -0.2) is 22.6 Å². The standard InChI is InChI=1S/C21H22O4/c1-3-19-12-20(13-22,15-8-6-7-14(2)11-15)25-21(19,24)17-10-5-4-9-16(17)18(19)23/h4-11,22,24H,3,12-13H2,1-2H3. The Kier molecular flexibility index (Phi) is 3.45. The highest BCUT2D eigenvalue weighted by molar-refractivity contribution is 6.06. The summed E-state index contributed by atoms with van der Waals surface area (Å²) in [4.78, 5) is 13.2. The number of carbonyl (C=O) groups excluding carboxylic acids is 1. The second kappa shape index (κ2) is 5.24. The van der Waals surface area contributed by atoms with Crippen molar-refractivity contribution < 1.29 is 19.7 Å². The van der Waals surface area contributed by atoms with Gasteiger partial charge in [-0.05, 0) is 18.9 Å². The molecule has 4 rings (SSSR count). The van der Waals surface area contributed by atoms with E-state index in [9.17, 15) is 15.0 Å². The molecule has 130 valence electrons. The molecule has 1 aliphatic carbocycles. The van der Waals surface area contributed by atoms with Crippen molar-refractivity contribution in [1.29, 1.82) is 0 Å². The lowest BCUT2D eigenvalue weighted by atomic mass is 9.71. The monoisotopic (exact) mass is 338 g/mol. The van der Waals surface area contributed by atoms with E-state index in [2.05, 4.69) is 0 Å². The molecule has 1 fully saturated rings. The zero-order valence-corrected chi connectivity index (χ0v) is 14.5. The van der Waals surface area contributed by atoms with Gasteiger partial charge in [0.05, 0.1) is 12.0 Å². The second-order valence-corrected chi connectivity index (χ2v) is 7.26. The molecule has 0 spiro atoms. The van der Waals surface area contributed by atoms with Crippen LogP contribution in [0.5, 0.6) is 0 Å². The molecule has 4 nitrogen and oxygen atoms in total. The van der Waals surface area contributed by atoms with E-state index in [0.717, 1.165) is 11.1 Å². The number of carbonyl (C=O) groups is 1. The third-order valence-corrected chi connectivity index (χ3v) is 5.95. The van der Waals surface area contributed by atoms with E-state index >= 15 is 0 Å². The number of ketones is 1. The molecule has 25 heavy (non-hydrogen) atoms. The van der Waals surface area contributed by atoms with Crippen molar-refractivity contribution in [2.75, 3.05) is 6.61 Å². The van der Waals surface area contributed by atoms with Crippen LogP contribution < -0.4 is 0 Å². The predicted octanol–water partition coefficient (Wildman–Crippen LogP) is 3.04. The lowest BCUT2D eigenvalue weighted by Gasteiger charge is -2.33. The van der Waals surface area contributed by atoms with Gasteiger partial charge in [-0.1, -0.05) is 61.0 Å². The van der Waals surface area contributed by atoms with Crippen LogP contribution >= 0.6 is 0 Å². The maximum atomic E-state index is 13.2.